The molecular formula is C17H28N2. The second-order valence-electron chi connectivity index (χ2n) is 6.35. The fourth-order valence-corrected chi connectivity index (χ4v) is 2.86. The summed E-state index contributed by atoms with van der Waals surface area (Å²) >= 11 is 0. The number of benzene rings is 1. The van der Waals surface area contributed by atoms with Gasteiger partial charge in [-0.3, -0.25) is 0 Å². The van der Waals surface area contributed by atoms with Crippen molar-refractivity contribution in [1.82, 2.24) is 4.90 Å². The van der Waals surface area contributed by atoms with Crippen molar-refractivity contribution in [2.45, 2.75) is 46.0 Å². The third-order valence-electron chi connectivity index (χ3n) is 4.84. The molecule has 0 amide bonds. The van der Waals surface area contributed by atoms with Crippen LogP contribution in [0.1, 0.15) is 45.1 Å². The summed E-state index contributed by atoms with van der Waals surface area (Å²) < 4.78 is 0. The van der Waals surface area contributed by atoms with Crippen LogP contribution in [0.25, 0.3) is 0 Å². The highest BCUT2D eigenvalue weighted by atomic mass is 15.1. The van der Waals surface area contributed by atoms with E-state index >= 15 is 0 Å². The lowest BCUT2D eigenvalue weighted by molar-refractivity contribution is 0.114. The van der Waals surface area contributed by atoms with E-state index in [1.807, 2.05) is 12.1 Å². The van der Waals surface area contributed by atoms with Gasteiger partial charge in [-0.1, -0.05) is 32.4 Å². The topological polar surface area (TPSA) is 29.3 Å². The number of likely N-dealkylation sites (tertiary alicyclic amines) is 1. The Balaban J connectivity index is 1.68. The van der Waals surface area contributed by atoms with Gasteiger partial charge in [-0.2, -0.15) is 0 Å². The molecule has 1 heterocycles. The minimum Gasteiger partial charge on any atom is -0.399 e. The van der Waals surface area contributed by atoms with Crippen molar-refractivity contribution < 1.29 is 0 Å². The molecule has 0 aromatic heterocycles. The number of piperidine rings is 1. The van der Waals surface area contributed by atoms with Gasteiger partial charge in [0.15, 0.2) is 0 Å². The lowest BCUT2D eigenvalue weighted by Crippen LogP contribution is -2.38. The minimum absolute atomic E-state index is 0.605. The van der Waals surface area contributed by atoms with E-state index in [9.17, 15) is 0 Å². The summed E-state index contributed by atoms with van der Waals surface area (Å²) in [5.41, 5.74) is 8.57. The smallest absolute Gasteiger partial charge is 0.0314 e. The van der Waals surface area contributed by atoms with Crippen LogP contribution in [0.15, 0.2) is 24.3 Å². The predicted octanol–water partition coefficient (Wildman–Crippen LogP) is 3.71. The Morgan fingerprint density at radius 3 is 2.37 bits per heavy atom. The molecule has 2 rings (SSSR count). The van der Waals surface area contributed by atoms with E-state index < -0.39 is 0 Å². The van der Waals surface area contributed by atoms with Crippen molar-refractivity contribution in [3.8, 4) is 0 Å². The average Bonchev–Trinajstić information content (AvgIpc) is 2.43. The number of aryl methyl sites for hydroxylation is 1. The van der Waals surface area contributed by atoms with Crippen LogP contribution in [-0.4, -0.2) is 24.5 Å². The first-order valence-electron chi connectivity index (χ1n) is 7.68. The molecule has 0 saturated carbocycles. The Morgan fingerprint density at radius 2 is 1.79 bits per heavy atom. The number of nitrogen functional groups attached to an aromatic ring is 1. The molecule has 0 spiro atoms. The van der Waals surface area contributed by atoms with Gasteiger partial charge in [0.1, 0.15) is 0 Å². The van der Waals surface area contributed by atoms with Crippen LogP contribution >= 0.6 is 0 Å². The molecule has 0 atom stereocenters. The van der Waals surface area contributed by atoms with Crippen LogP contribution in [0.2, 0.25) is 0 Å². The SMILES string of the molecule is CCC1(C)CCN(CCCc2ccc(N)cc2)CC1. The summed E-state index contributed by atoms with van der Waals surface area (Å²) in [5, 5.41) is 0. The molecular weight excluding hydrogens is 232 g/mol. The van der Waals surface area contributed by atoms with Gasteiger partial charge in [0.2, 0.25) is 0 Å². The molecule has 106 valence electrons. The predicted molar refractivity (Wildman–Crippen MR) is 83.2 cm³/mol. The quantitative estimate of drug-likeness (QED) is 0.818. The van der Waals surface area contributed by atoms with Gasteiger partial charge in [0.05, 0.1) is 0 Å². The second kappa shape index (κ2) is 6.42. The van der Waals surface area contributed by atoms with Crippen molar-refractivity contribution >= 4 is 5.69 Å². The molecule has 1 aromatic rings. The standard InChI is InChI=1S/C17H28N2/c1-3-17(2)10-13-19(14-11-17)12-4-5-15-6-8-16(18)9-7-15/h6-9H,3-5,10-14,18H2,1-2H3. The van der Waals surface area contributed by atoms with E-state index in [-0.39, 0.29) is 0 Å². The summed E-state index contributed by atoms with van der Waals surface area (Å²) in [6.07, 6.45) is 6.48. The maximum absolute atomic E-state index is 5.70. The lowest BCUT2D eigenvalue weighted by Gasteiger charge is -2.39. The van der Waals surface area contributed by atoms with Gasteiger partial charge in [0.25, 0.3) is 0 Å². The summed E-state index contributed by atoms with van der Waals surface area (Å²) in [5.74, 6) is 0. The van der Waals surface area contributed by atoms with E-state index in [2.05, 4.69) is 30.9 Å². The van der Waals surface area contributed by atoms with Gasteiger partial charge >= 0.3 is 0 Å². The molecule has 0 bridgehead atoms. The highest BCUT2D eigenvalue weighted by Crippen LogP contribution is 2.33. The van der Waals surface area contributed by atoms with Crippen molar-refractivity contribution in [2.24, 2.45) is 5.41 Å². The van der Waals surface area contributed by atoms with E-state index in [4.69, 9.17) is 5.73 Å². The van der Waals surface area contributed by atoms with Crippen LogP contribution in [0.4, 0.5) is 5.69 Å². The van der Waals surface area contributed by atoms with Gasteiger partial charge in [-0.05, 0) is 68.4 Å². The van der Waals surface area contributed by atoms with Crippen LogP contribution in [0, 0.1) is 5.41 Å². The Hall–Kier alpha value is -1.02. The first-order chi connectivity index (χ1) is 9.11. The third kappa shape index (κ3) is 4.24. The van der Waals surface area contributed by atoms with E-state index in [0.29, 0.717) is 5.41 Å². The van der Waals surface area contributed by atoms with Crippen molar-refractivity contribution in [3.05, 3.63) is 29.8 Å². The molecule has 2 nitrogen and oxygen atoms in total. The number of hydrogen-bond donors (Lipinski definition) is 1. The number of rotatable bonds is 5. The van der Waals surface area contributed by atoms with Gasteiger partial charge in [0, 0.05) is 5.69 Å². The molecule has 0 aliphatic carbocycles. The number of nitrogens with two attached hydrogens (primary N) is 1. The highest BCUT2D eigenvalue weighted by molar-refractivity contribution is 5.39. The number of hydrogen-bond acceptors (Lipinski definition) is 2. The molecule has 1 fully saturated rings. The Kier molecular flexibility index (Phi) is 4.87. The second-order valence-corrected chi connectivity index (χ2v) is 6.35. The average molecular weight is 260 g/mol. The fourth-order valence-electron chi connectivity index (χ4n) is 2.86. The van der Waals surface area contributed by atoms with Crippen LogP contribution in [0.5, 0.6) is 0 Å². The molecule has 0 unspecified atom stereocenters. The monoisotopic (exact) mass is 260 g/mol. The molecule has 1 aliphatic rings. The van der Waals surface area contributed by atoms with Crippen molar-refractivity contribution in [1.29, 1.82) is 0 Å². The highest BCUT2D eigenvalue weighted by Gasteiger charge is 2.27. The van der Waals surface area contributed by atoms with Crippen LogP contribution in [0.3, 0.4) is 0 Å². The maximum atomic E-state index is 5.70. The minimum atomic E-state index is 0.605. The zero-order chi connectivity index (χ0) is 13.7. The Labute approximate surface area is 118 Å². The summed E-state index contributed by atoms with van der Waals surface area (Å²) in [4.78, 5) is 2.63. The van der Waals surface area contributed by atoms with Crippen LogP contribution in [-0.2, 0) is 6.42 Å². The molecule has 2 N–H and O–H groups in total. The normalized spacial score (nSPS) is 19.5. The van der Waals surface area contributed by atoms with E-state index in [1.165, 1.54) is 57.3 Å². The Bertz CT molecular complexity index is 375. The van der Waals surface area contributed by atoms with Crippen molar-refractivity contribution in [2.75, 3.05) is 25.4 Å². The molecule has 2 heteroatoms. The fraction of sp³-hybridized carbons (Fsp3) is 0.647. The van der Waals surface area contributed by atoms with Gasteiger partial charge in [-0.25, -0.2) is 0 Å². The molecule has 1 saturated heterocycles. The van der Waals surface area contributed by atoms with Crippen LogP contribution < -0.4 is 5.73 Å². The van der Waals surface area contributed by atoms with E-state index in [1.54, 1.807) is 0 Å². The first kappa shape index (κ1) is 14.4. The summed E-state index contributed by atoms with van der Waals surface area (Å²) in [6.45, 7) is 8.58. The molecule has 19 heavy (non-hydrogen) atoms. The number of anilines is 1. The Morgan fingerprint density at radius 1 is 1.16 bits per heavy atom. The zero-order valence-corrected chi connectivity index (χ0v) is 12.5. The van der Waals surface area contributed by atoms with E-state index in [0.717, 1.165) is 5.69 Å². The zero-order valence-electron chi connectivity index (χ0n) is 12.5. The van der Waals surface area contributed by atoms with Gasteiger partial charge in [-0.15, -0.1) is 0 Å². The lowest BCUT2D eigenvalue weighted by atomic mass is 9.78. The van der Waals surface area contributed by atoms with Gasteiger partial charge < -0.3 is 10.6 Å². The maximum Gasteiger partial charge on any atom is 0.0314 e. The first-order valence-corrected chi connectivity index (χ1v) is 7.68. The largest absolute Gasteiger partial charge is 0.399 e. The number of nitrogens with zero attached hydrogens (tertiary/aromatic N) is 1. The summed E-state index contributed by atoms with van der Waals surface area (Å²) in [6, 6.07) is 8.31. The molecule has 1 aliphatic heterocycles. The summed E-state index contributed by atoms with van der Waals surface area (Å²) in [7, 11) is 0. The molecule has 0 radical (unpaired) electrons. The van der Waals surface area contributed by atoms with Crippen molar-refractivity contribution in [3.63, 3.8) is 0 Å². The molecule has 1 aromatic carbocycles. The third-order valence-corrected chi connectivity index (χ3v) is 4.84.